The molecule has 1 aromatic heterocycles. The Morgan fingerprint density at radius 2 is 1.60 bits per heavy atom. The van der Waals surface area contributed by atoms with Crippen LogP contribution in [0, 0.1) is 6.92 Å². The van der Waals surface area contributed by atoms with E-state index in [-0.39, 0.29) is 0 Å². The van der Waals surface area contributed by atoms with Crippen molar-refractivity contribution in [3.05, 3.63) is 48.2 Å². The molecule has 0 spiro atoms. The Hall–Kier alpha value is -1.87. The van der Waals surface area contributed by atoms with Gasteiger partial charge in [0.05, 0.1) is 0 Å². The van der Waals surface area contributed by atoms with Crippen LogP contribution in [0.5, 0.6) is 0 Å². The molecule has 3 nitrogen and oxygen atoms in total. The fourth-order valence-electron chi connectivity index (χ4n) is 2.65. The van der Waals surface area contributed by atoms with Crippen LogP contribution in [0.2, 0.25) is 0 Å². The Morgan fingerprint density at radius 1 is 0.900 bits per heavy atom. The first kappa shape index (κ1) is 13.1. The number of anilines is 1. The van der Waals surface area contributed by atoms with Gasteiger partial charge in [0.2, 0.25) is 0 Å². The molecule has 0 aliphatic carbocycles. The molecule has 0 amide bonds. The summed E-state index contributed by atoms with van der Waals surface area (Å²) in [5.74, 6) is 1.11. The first-order valence-corrected chi connectivity index (χ1v) is 7.20. The number of aryl methyl sites for hydroxylation is 1. The number of hydrogen-bond acceptors (Lipinski definition) is 3. The molecule has 20 heavy (non-hydrogen) atoms. The third-order valence-corrected chi connectivity index (χ3v) is 3.87. The first-order valence-electron chi connectivity index (χ1n) is 7.20. The minimum Gasteiger partial charge on any atom is -0.354 e. The molecule has 0 atom stereocenters. The minimum absolute atomic E-state index is 1.06. The maximum atomic E-state index is 4.72. The van der Waals surface area contributed by atoms with E-state index >= 15 is 0 Å². The standard InChI is InChI=1S/C17H21N3/c1-14-12-16(15-6-4-3-5-7-15)13-17(18-14)20-10-8-19(2)9-11-20/h3-7,12-13H,8-11H2,1-2H3. The number of benzene rings is 1. The summed E-state index contributed by atoms with van der Waals surface area (Å²) in [5, 5.41) is 0. The lowest BCUT2D eigenvalue weighted by atomic mass is 10.1. The van der Waals surface area contributed by atoms with Gasteiger partial charge in [0.25, 0.3) is 0 Å². The Labute approximate surface area is 120 Å². The largest absolute Gasteiger partial charge is 0.354 e. The highest BCUT2D eigenvalue weighted by Gasteiger charge is 2.16. The second-order valence-corrected chi connectivity index (χ2v) is 5.51. The van der Waals surface area contributed by atoms with Crippen molar-refractivity contribution in [2.24, 2.45) is 0 Å². The average molecular weight is 267 g/mol. The SMILES string of the molecule is Cc1cc(-c2ccccc2)cc(N2CCN(C)CC2)n1. The molecule has 0 radical (unpaired) electrons. The summed E-state index contributed by atoms with van der Waals surface area (Å²) in [6.07, 6.45) is 0. The van der Waals surface area contributed by atoms with Crippen molar-refractivity contribution in [2.75, 3.05) is 38.1 Å². The lowest BCUT2D eigenvalue weighted by molar-refractivity contribution is 0.312. The second-order valence-electron chi connectivity index (χ2n) is 5.51. The van der Waals surface area contributed by atoms with Gasteiger partial charge < -0.3 is 9.80 Å². The van der Waals surface area contributed by atoms with E-state index in [0.717, 1.165) is 37.7 Å². The maximum absolute atomic E-state index is 4.72. The van der Waals surface area contributed by atoms with E-state index in [1.807, 2.05) is 0 Å². The van der Waals surface area contributed by atoms with Crippen molar-refractivity contribution in [3.63, 3.8) is 0 Å². The lowest BCUT2D eigenvalue weighted by Gasteiger charge is -2.33. The molecule has 3 rings (SSSR count). The van der Waals surface area contributed by atoms with Gasteiger partial charge in [-0.15, -0.1) is 0 Å². The van der Waals surface area contributed by atoms with Gasteiger partial charge in [0, 0.05) is 31.9 Å². The van der Waals surface area contributed by atoms with Gasteiger partial charge in [-0.05, 0) is 37.2 Å². The molecule has 3 heteroatoms. The van der Waals surface area contributed by atoms with Crippen LogP contribution in [0.1, 0.15) is 5.69 Å². The zero-order valence-corrected chi connectivity index (χ0v) is 12.2. The fraction of sp³-hybridized carbons (Fsp3) is 0.353. The second kappa shape index (κ2) is 5.63. The van der Waals surface area contributed by atoms with Gasteiger partial charge in [-0.2, -0.15) is 0 Å². The predicted octanol–water partition coefficient (Wildman–Crippen LogP) is 2.81. The first-order chi connectivity index (χ1) is 9.72. The van der Waals surface area contributed by atoms with Crippen LogP contribution in [-0.2, 0) is 0 Å². The Kier molecular flexibility index (Phi) is 3.70. The molecule has 0 unspecified atom stereocenters. The van der Waals surface area contributed by atoms with Gasteiger partial charge in [0.15, 0.2) is 0 Å². The Balaban J connectivity index is 1.91. The molecular weight excluding hydrogens is 246 g/mol. The van der Waals surface area contributed by atoms with E-state index in [4.69, 9.17) is 4.98 Å². The van der Waals surface area contributed by atoms with Gasteiger partial charge in [0.1, 0.15) is 5.82 Å². The Bertz CT molecular complexity index is 572. The van der Waals surface area contributed by atoms with Crippen molar-refractivity contribution >= 4 is 5.82 Å². The number of likely N-dealkylation sites (N-methyl/N-ethyl adjacent to an activating group) is 1. The summed E-state index contributed by atoms with van der Waals surface area (Å²) in [4.78, 5) is 9.47. The quantitative estimate of drug-likeness (QED) is 0.834. The van der Waals surface area contributed by atoms with E-state index in [9.17, 15) is 0 Å². The van der Waals surface area contributed by atoms with E-state index < -0.39 is 0 Å². The van der Waals surface area contributed by atoms with Crippen LogP contribution in [0.3, 0.4) is 0 Å². The molecule has 2 heterocycles. The highest BCUT2D eigenvalue weighted by molar-refractivity contribution is 5.67. The summed E-state index contributed by atoms with van der Waals surface area (Å²) in [6, 6.07) is 14.9. The molecule has 1 saturated heterocycles. The van der Waals surface area contributed by atoms with Crippen molar-refractivity contribution < 1.29 is 0 Å². The maximum Gasteiger partial charge on any atom is 0.129 e. The molecule has 1 fully saturated rings. The number of nitrogens with zero attached hydrogens (tertiary/aromatic N) is 3. The predicted molar refractivity (Wildman–Crippen MR) is 84.1 cm³/mol. The summed E-state index contributed by atoms with van der Waals surface area (Å²) in [6.45, 7) is 6.40. The van der Waals surface area contributed by atoms with Gasteiger partial charge in [-0.25, -0.2) is 4.98 Å². The van der Waals surface area contributed by atoms with Crippen LogP contribution in [0.4, 0.5) is 5.82 Å². The highest BCUT2D eigenvalue weighted by Crippen LogP contribution is 2.24. The number of pyridine rings is 1. The van der Waals surface area contributed by atoms with Crippen LogP contribution in [0.15, 0.2) is 42.5 Å². The van der Waals surface area contributed by atoms with Gasteiger partial charge in [-0.3, -0.25) is 0 Å². The lowest BCUT2D eigenvalue weighted by Crippen LogP contribution is -2.44. The number of hydrogen-bond donors (Lipinski definition) is 0. The van der Waals surface area contributed by atoms with E-state index in [2.05, 4.69) is 66.2 Å². The van der Waals surface area contributed by atoms with Crippen LogP contribution in [-0.4, -0.2) is 43.1 Å². The normalized spacial score (nSPS) is 16.4. The molecule has 104 valence electrons. The molecule has 1 aliphatic rings. The summed E-state index contributed by atoms with van der Waals surface area (Å²) >= 11 is 0. The molecule has 0 bridgehead atoms. The zero-order chi connectivity index (χ0) is 13.9. The zero-order valence-electron chi connectivity index (χ0n) is 12.2. The average Bonchev–Trinajstić information content (AvgIpc) is 2.48. The van der Waals surface area contributed by atoms with E-state index in [0.29, 0.717) is 0 Å². The topological polar surface area (TPSA) is 19.4 Å². The minimum atomic E-state index is 1.06. The van der Waals surface area contributed by atoms with Crippen molar-refractivity contribution in [3.8, 4) is 11.1 Å². The molecular formula is C17H21N3. The van der Waals surface area contributed by atoms with Gasteiger partial charge in [-0.1, -0.05) is 30.3 Å². The smallest absolute Gasteiger partial charge is 0.129 e. The fourth-order valence-corrected chi connectivity index (χ4v) is 2.65. The molecule has 1 aromatic carbocycles. The van der Waals surface area contributed by atoms with Crippen LogP contribution in [0.25, 0.3) is 11.1 Å². The summed E-state index contributed by atoms with van der Waals surface area (Å²) in [7, 11) is 2.18. The number of aromatic nitrogens is 1. The van der Waals surface area contributed by atoms with Gasteiger partial charge >= 0.3 is 0 Å². The molecule has 1 aliphatic heterocycles. The third kappa shape index (κ3) is 2.83. The molecule has 0 saturated carbocycles. The molecule has 2 aromatic rings. The summed E-state index contributed by atoms with van der Waals surface area (Å²) in [5.41, 5.74) is 3.60. The third-order valence-electron chi connectivity index (χ3n) is 3.87. The number of piperazine rings is 1. The monoisotopic (exact) mass is 267 g/mol. The highest BCUT2D eigenvalue weighted by atomic mass is 15.3. The number of rotatable bonds is 2. The van der Waals surface area contributed by atoms with Crippen molar-refractivity contribution in [2.45, 2.75) is 6.92 Å². The van der Waals surface area contributed by atoms with E-state index in [1.165, 1.54) is 11.1 Å². The van der Waals surface area contributed by atoms with Crippen molar-refractivity contribution in [1.82, 2.24) is 9.88 Å². The van der Waals surface area contributed by atoms with Crippen LogP contribution < -0.4 is 4.90 Å². The molecule has 0 N–H and O–H groups in total. The summed E-state index contributed by atoms with van der Waals surface area (Å²) < 4.78 is 0. The van der Waals surface area contributed by atoms with Crippen molar-refractivity contribution in [1.29, 1.82) is 0 Å². The van der Waals surface area contributed by atoms with Crippen LogP contribution >= 0.6 is 0 Å². The van der Waals surface area contributed by atoms with E-state index in [1.54, 1.807) is 0 Å². The Morgan fingerprint density at radius 3 is 2.30 bits per heavy atom.